The average Bonchev–Trinajstić information content (AvgIpc) is 2.75. The minimum atomic E-state index is -0.486. The Kier molecular flexibility index (Phi) is 6.99. The van der Waals surface area contributed by atoms with Gasteiger partial charge in [0.2, 0.25) is 5.91 Å². The Morgan fingerprint density at radius 1 is 1.00 bits per heavy atom. The van der Waals surface area contributed by atoms with Gasteiger partial charge < -0.3 is 10.6 Å². The Balaban J connectivity index is 1.52. The van der Waals surface area contributed by atoms with Gasteiger partial charge in [-0.15, -0.1) is 11.8 Å². The molecule has 31 heavy (non-hydrogen) atoms. The van der Waals surface area contributed by atoms with Crippen LogP contribution in [0.25, 0.3) is 0 Å². The van der Waals surface area contributed by atoms with Crippen LogP contribution in [-0.4, -0.2) is 22.5 Å². The van der Waals surface area contributed by atoms with Crippen LogP contribution in [0.3, 0.4) is 0 Å². The van der Waals surface area contributed by atoms with E-state index in [0.717, 1.165) is 4.90 Å². The summed E-state index contributed by atoms with van der Waals surface area (Å²) < 4.78 is 13.0. The van der Waals surface area contributed by atoms with E-state index in [9.17, 15) is 24.1 Å². The van der Waals surface area contributed by atoms with Crippen molar-refractivity contribution < 1.29 is 18.9 Å². The van der Waals surface area contributed by atoms with Crippen molar-refractivity contribution in [3.63, 3.8) is 0 Å². The number of thioether (sulfide) groups is 1. The quantitative estimate of drug-likeness (QED) is 0.306. The SMILES string of the molecule is Cc1cc([N+](=O)[O-])ccc1NC(=O)CSc1ccc(NC(=O)c2ccc(F)cc2)cc1. The summed E-state index contributed by atoms with van der Waals surface area (Å²) in [4.78, 5) is 35.5. The molecule has 3 aromatic rings. The number of non-ortho nitro benzene ring substituents is 1. The summed E-state index contributed by atoms with van der Waals surface area (Å²) in [6.07, 6.45) is 0. The van der Waals surface area contributed by atoms with Crippen molar-refractivity contribution >= 4 is 40.6 Å². The second-order valence-corrected chi connectivity index (χ2v) is 7.63. The summed E-state index contributed by atoms with van der Waals surface area (Å²) in [6, 6.07) is 16.5. The molecule has 7 nitrogen and oxygen atoms in total. The Labute approximate surface area is 181 Å². The van der Waals surface area contributed by atoms with E-state index < -0.39 is 10.7 Å². The number of anilines is 2. The van der Waals surface area contributed by atoms with Crippen LogP contribution in [-0.2, 0) is 4.79 Å². The standard InChI is InChI=1S/C22H18FN3O4S/c1-14-12-18(26(29)30)8-11-20(14)25-21(27)13-31-19-9-6-17(7-10-19)24-22(28)15-2-4-16(23)5-3-15/h2-12H,13H2,1H3,(H,24,28)(H,25,27). The van der Waals surface area contributed by atoms with Crippen LogP contribution < -0.4 is 10.6 Å². The summed E-state index contributed by atoms with van der Waals surface area (Å²) in [6.45, 7) is 1.69. The number of rotatable bonds is 7. The van der Waals surface area contributed by atoms with Crippen LogP contribution in [0.5, 0.6) is 0 Å². The number of amides is 2. The predicted octanol–water partition coefficient (Wildman–Crippen LogP) is 5.03. The van der Waals surface area contributed by atoms with E-state index in [2.05, 4.69) is 10.6 Å². The zero-order chi connectivity index (χ0) is 22.4. The molecule has 0 radical (unpaired) electrons. The molecule has 0 aliphatic carbocycles. The third kappa shape index (κ3) is 6.13. The van der Waals surface area contributed by atoms with Crippen molar-refractivity contribution in [2.45, 2.75) is 11.8 Å². The number of carbonyl (C=O) groups excluding carboxylic acids is 2. The molecule has 0 saturated heterocycles. The fourth-order valence-electron chi connectivity index (χ4n) is 2.68. The number of aryl methyl sites for hydroxylation is 1. The number of nitro groups is 1. The number of hydrogen-bond acceptors (Lipinski definition) is 5. The van der Waals surface area contributed by atoms with Gasteiger partial charge in [-0.25, -0.2) is 4.39 Å². The minimum absolute atomic E-state index is 0.0310. The van der Waals surface area contributed by atoms with Gasteiger partial charge >= 0.3 is 0 Å². The summed E-state index contributed by atoms with van der Waals surface area (Å²) in [7, 11) is 0. The van der Waals surface area contributed by atoms with E-state index in [1.165, 1.54) is 54.2 Å². The Morgan fingerprint density at radius 3 is 2.29 bits per heavy atom. The molecular weight excluding hydrogens is 421 g/mol. The van der Waals surface area contributed by atoms with Crippen LogP contribution in [0.15, 0.2) is 71.6 Å². The molecule has 3 rings (SSSR count). The van der Waals surface area contributed by atoms with Gasteiger partial charge in [0.15, 0.2) is 0 Å². The number of carbonyl (C=O) groups is 2. The average molecular weight is 439 g/mol. The lowest BCUT2D eigenvalue weighted by Gasteiger charge is -2.09. The number of nitrogens with zero attached hydrogens (tertiary/aromatic N) is 1. The number of benzene rings is 3. The van der Waals surface area contributed by atoms with E-state index in [-0.39, 0.29) is 23.3 Å². The highest BCUT2D eigenvalue weighted by Crippen LogP contribution is 2.23. The third-order valence-electron chi connectivity index (χ3n) is 4.28. The molecule has 0 spiro atoms. The first kappa shape index (κ1) is 22.0. The molecule has 2 N–H and O–H groups in total. The van der Waals surface area contributed by atoms with Gasteiger partial charge in [0.25, 0.3) is 11.6 Å². The van der Waals surface area contributed by atoms with Gasteiger partial charge in [0, 0.05) is 34.0 Å². The van der Waals surface area contributed by atoms with Crippen molar-refractivity contribution in [2.75, 3.05) is 16.4 Å². The zero-order valence-electron chi connectivity index (χ0n) is 16.4. The molecule has 0 aromatic heterocycles. The van der Waals surface area contributed by atoms with Crippen molar-refractivity contribution in [1.82, 2.24) is 0 Å². The maximum Gasteiger partial charge on any atom is 0.269 e. The lowest BCUT2D eigenvalue weighted by atomic mass is 10.2. The summed E-state index contributed by atoms with van der Waals surface area (Å²) in [5, 5.41) is 16.3. The van der Waals surface area contributed by atoms with Gasteiger partial charge in [-0.05, 0) is 67.1 Å². The molecule has 0 fully saturated rings. The molecule has 2 amide bonds. The van der Waals surface area contributed by atoms with Crippen LogP contribution in [0.2, 0.25) is 0 Å². The van der Waals surface area contributed by atoms with Crippen LogP contribution in [0.1, 0.15) is 15.9 Å². The Morgan fingerprint density at radius 2 is 1.68 bits per heavy atom. The molecular formula is C22H18FN3O4S. The second-order valence-electron chi connectivity index (χ2n) is 6.58. The fraction of sp³-hybridized carbons (Fsp3) is 0.0909. The summed E-state index contributed by atoms with van der Waals surface area (Å²) >= 11 is 1.31. The monoisotopic (exact) mass is 439 g/mol. The van der Waals surface area contributed by atoms with E-state index >= 15 is 0 Å². The van der Waals surface area contributed by atoms with Gasteiger partial charge in [0.05, 0.1) is 10.7 Å². The minimum Gasteiger partial charge on any atom is -0.325 e. The Hall–Kier alpha value is -3.72. The van der Waals surface area contributed by atoms with Crippen molar-refractivity contribution in [3.05, 3.63) is 93.8 Å². The largest absolute Gasteiger partial charge is 0.325 e. The van der Waals surface area contributed by atoms with Crippen LogP contribution >= 0.6 is 11.8 Å². The summed E-state index contributed by atoms with van der Waals surface area (Å²) in [5.74, 6) is -0.850. The molecule has 3 aromatic carbocycles. The van der Waals surface area contributed by atoms with E-state index in [0.29, 0.717) is 22.5 Å². The Bertz CT molecular complexity index is 1120. The topological polar surface area (TPSA) is 101 Å². The van der Waals surface area contributed by atoms with Crippen molar-refractivity contribution in [1.29, 1.82) is 0 Å². The molecule has 0 aliphatic rings. The van der Waals surface area contributed by atoms with Crippen LogP contribution in [0, 0.1) is 22.9 Å². The highest BCUT2D eigenvalue weighted by molar-refractivity contribution is 8.00. The molecule has 0 saturated carbocycles. The first-order chi connectivity index (χ1) is 14.8. The lowest BCUT2D eigenvalue weighted by molar-refractivity contribution is -0.384. The maximum atomic E-state index is 13.0. The number of nitrogens with one attached hydrogen (secondary N) is 2. The first-order valence-electron chi connectivity index (χ1n) is 9.16. The van der Waals surface area contributed by atoms with Gasteiger partial charge in [-0.3, -0.25) is 19.7 Å². The molecule has 158 valence electrons. The molecule has 9 heteroatoms. The van der Waals surface area contributed by atoms with Crippen molar-refractivity contribution in [2.24, 2.45) is 0 Å². The van der Waals surface area contributed by atoms with Crippen molar-refractivity contribution in [3.8, 4) is 0 Å². The molecule has 0 heterocycles. The highest BCUT2D eigenvalue weighted by atomic mass is 32.2. The molecule has 0 unspecified atom stereocenters. The smallest absolute Gasteiger partial charge is 0.269 e. The fourth-order valence-corrected chi connectivity index (χ4v) is 3.37. The zero-order valence-corrected chi connectivity index (χ0v) is 17.2. The van der Waals surface area contributed by atoms with E-state index in [1.54, 1.807) is 31.2 Å². The van der Waals surface area contributed by atoms with E-state index in [1.807, 2.05) is 0 Å². The highest BCUT2D eigenvalue weighted by Gasteiger charge is 2.11. The van der Waals surface area contributed by atoms with Gasteiger partial charge in [-0.2, -0.15) is 0 Å². The predicted molar refractivity (Wildman–Crippen MR) is 118 cm³/mol. The molecule has 0 atom stereocenters. The number of nitro benzene ring substituents is 1. The van der Waals surface area contributed by atoms with Gasteiger partial charge in [0.1, 0.15) is 5.82 Å². The van der Waals surface area contributed by atoms with Crippen LogP contribution in [0.4, 0.5) is 21.5 Å². The van der Waals surface area contributed by atoms with E-state index in [4.69, 9.17) is 0 Å². The third-order valence-corrected chi connectivity index (χ3v) is 5.30. The van der Waals surface area contributed by atoms with Gasteiger partial charge in [-0.1, -0.05) is 0 Å². The second kappa shape index (κ2) is 9.86. The molecule has 0 bridgehead atoms. The summed E-state index contributed by atoms with van der Waals surface area (Å²) in [5.41, 5.74) is 2.02. The lowest BCUT2D eigenvalue weighted by Crippen LogP contribution is -2.15. The molecule has 0 aliphatic heterocycles. The first-order valence-corrected chi connectivity index (χ1v) is 10.1. The maximum absolute atomic E-state index is 13.0. The number of hydrogen-bond donors (Lipinski definition) is 2. The normalized spacial score (nSPS) is 10.4. The number of halogens is 1.